The quantitative estimate of drug-likeness (QED) is 0.882. The van der Waals surface area contributed by atoms with Crippen molar-refractivity contribution in [2.75, 3.05) is 13.2 Å². The van der Waals surface area contributed by atoms with E-state index in [4.69, 9.17) is 4.74 Å². The Balaban J connectivity index is 2.21. The van der Waals surface area contributed by atoms with Gasteiger partial charge in [0.25, 0.3) is 0 Å². The summed E-state index contributed by atoms with van der Waals surface area (Å²) in [6.45, 7) is 0.415. The van der Waals surface area contributed by atoms with Gasteiger partial charge in [0.15, 0.2) is 0 Å². The lowest BCUT2D eigenvalue weighted by Crippen LogP contribution is -2.35. The van der Waals surface area contributed by atoms with E-state index in [0.29, 0.717) is 0 Å². The first-order valence-electron chi connectivity index (χ1n) is 5.33. The van der Waals surface area contributed by atoms with E-state index in [-0.39, 0.29) is 13.2 Å². The molecule has 1 N–H and O–H groups in total. The van der Waals surface area contributed by atoms with Crippen molar-refractivity contribution >= 4 is 5.91 Å². The zero-order valence-electron chi connectivity index (χ0n) is 9.88. The predicted molar refractivity (Wildman–Crippen MR) is 59.9 cm³/mol. The first-order valence-corrected chi connectivity index (χ1v) is 5.33. The number of rotatable bonds is 5. The molecule has 0 spiro atoms. The molecule has 0 aromatic heterocycles. The Bertz CT molecular complexity index is 387. The molecule has 1 aromatic carbocycles. The van der Waals surface area contributed by atoms with Crippen LogP contribution >= 0.6 is 0 Å². The lowest BCUT2D eigenvalue weighted by atomic mass is 10.2. The Kier molecular flexibility index (Phi) is 5.15. The number of carbonyl (C=O) groups is 1. The average Bonchev–Trinajstić information content (AvgIpc) is 2.28. The molecule has 0 unspecified atom stereocenters. The number of hydrogen-bond acceptors (Lipinski definition) is 2. The van der Waals surface area contributed by atoms with Crippen LogP contribution < -0.4 is 5.32 Å². The Morgan fingerprint density at radius 2 is 1.89 bits per heavy atom. The maximum atomic E-state index is 11.8. The van der Waals surface area contributed by atoms with Crippen molar-refractivity contribution in [3.63, 3.8) is 0 Å². The molecular weight excluding hydrogens is 247 g/mol. The Labute approximate surface area is 103 Å². The summed E-state index contributed by atoms with van der Waals surface area (Å²) in [7, 11) is 0. The first-order chi connectivity index (χ1) is 8.37. The van der Waals surface area contributed by atoms with Crippen LogP contribution in [-0.2, 0) is 16.1 Å². The second kappa shape index (κ2) is 6.39. The standard InChI is InChI=1S/C12H14F3NO2/c1-9-2-4-10(5-3-9)6-18-7-11(17)16-8-12(13,14)15/h2-5H,6-8H2,1H3,(H,16,17). The SMILES string of the molecule is Cc1ccc(COCC(=O)NCC(F)(F)F)cc1. The zero-order valence-corrected chi connectivity index (χ0v) is 9.88. The number of nitrogens with one attached hydrogen (secondary N) is 1. The second-order valence-electron chi connectivity index (χ2n) is 3.87. The average molecular weight is 261 g/mol. The number of alkyl halides is 3. The molecule has 0 saturated carbocycles. The van der Waals surface area contributed by atoms with Gasteiger partial charge >= 0.3 is 6.18 Å². The molecule has 0 fully saturated rings. The first kappa shape index (κ1) is 14.5. The Hall–Kier alpha value is -1.56. The normalized spacial score (nSPS) is 11.3. The summed E-state index contributed by atoms with van der Waals surface area (Å²) in [4.78, 5) is 11.0. The van der Waals surface area contributed by atoms with Gasteiger partial charge in [0.05, 0.1) is 6.61 Å². The lowest BCUT2D eigenvalue weighted by Gasteiger charge is -2.08. The maximum absolute atomic E-state index is 11.8. The van der Waals surface area contributed by atoms with Crippen LogP contribution in [0.1, 0.15) is 11.1 Å². The molecule has 6 heteroatoms. The van der Waals surface area contributed by atoms with Gasteiger partial charge in [-0.25, -0.2) is 0 Å². The summed E-state index contributed by atoms with van der Waals surface area (Å²) in [6.07, 6.45) is -4.40. The minimum absolute atomic E-state index is 0.194. The Morgan fingerprint density at radius 1 is 1.28 bits per heavy atom. The van der Waals surface area contributed by atoms with E-state index in [1.807, 2.05) is 31.2 Å². The number of aryl methyl sites for hydroxylation is 1. The summed E-state index contributed by atoms with van der Waals surface area (Å²) in [5, 5.41) is 1.73. The third-order valence-electron chi connectivity index (χ3n) is 2.11. The van der Waals surface area contributed by atoms with Gasteiger partial charge in [-0.05, 0) is 12.5 Å². The van der Waals surface area contributed by atoms with Crippen LogP contribution in [0.3, 0.4) is 0 Å². The highest BCUT2D eigenvalue weighted by Gasteiger charge is 2.27. The molecule has 3 nitrogen and oxygen atoms in total. The molecule has 1 aromatic rings. The van der Waals surface area contributed by atoms with E-state index in [2.05, 4.69) is 0 Å². The van der Waals surface area contributed by atoms with E-state index in [9.17, 15) is 18.0 Å². The maximum Gasteiger partial charge on any atom is 0.405 e. The van der Waals surface area contributed by atoms with Crippen molar-refractivity contribution < 1.29 is 22.7 Å². The molecule has 0 atom stereocenters. The number of halogens is 3. The third-order valence-corrected chi connectivity index (χ3v) is 2.11. The molecule has 0 aliphatic carbocycles. The van der Waals surface area contributed by atoms with Gasteiger partial charge < -0.3 is 10.1 Å². The minimum Gasteiger partial charge on any atom is -0.367 e. The third kappa shape index (κ3) is 6.24. The van der Waals surface area contributed by atoms with E-state index in [1.165, 1.54) is 0 Å². The molecule has 1 rings (SSSR count). The summed E-state index contributed by atoms with van der Waals surface area (Å²) in [5.74, 6) is -0.778. The smallest absolute Gasteiger partial charge is 0.367 e. The molecule has 0 bridgehead atoms. The highest BCUT2D eigenvalue weighted by molar-refractivity contribution is 5.77. The van der Waals surface area contributed by atoms with Crippen LogP contribution in [0.5, 0.6) is 0 Å². The molecule has 0 aliphatic heterocycles. The van der Waals surface area contributed by atoms with E-state index in [1.54, 1.807) is 5.32 Å². The van der Waals surface area contributed by atoms with Crippen LogP contribution in [0.25, 0.3) is 0 Å². The zero-order chi connectivity index (χ0) is 13.6. The topological polar surface area (TPSA) is 38.3 Å². The molecule has 18 heavy (non-hydrogen) atoms. The summed E-state index contributed by atoms with van der Waals surface area (Å²) in [6, 6.07) is 7.46. The fraction of sp³-hybridized carbons (Fsp3) is 0.417. The molecule has 100 valence electrons. The van der Waals surface area contributed by atoms with Crippen molar-refractivity contribution in [3.8, 4) is 0 Å². The van der Waals surface area contributed by atoms with E-state index in [0.717, 1.165) is 11.1 Å². The van der Waals surface area contributed by atoms with Gasteiger partial charge in [-0.2, -0.15) is 13.2 Å². The number of ether oxygens (including phenoxy) is 1. The lowest BCUT2D eigenvalue weighted by molar-refractivity contribution is -0.141. The second-order valence-corrected chi connectivity index (χ2v) is 3.87. The fourth-order valence-electron chi connectivity index (χ4n) is 1.20. The minimum atomic E-state index is -4.40. The molecular formula is C12H14F3NO2. The van der Waals surface area contributed by atoms with E-state index < -0.39 is 18.6 Å². The largest absolute Gasteiger partial charge is 0.405 e. The van der Waals surface area contributed by atoms with Gasteiger partial charge in [0.1, 0.15) is 13.2 Å². The number of hydrogen-bond donors (Lipinski definition) is 1. The van der Waals surface area contributed by atoms with Gasteiger partial charge in [0.2, 0.25) is 5.91 Å². The highest BCUT2D eigenvalue weighted by Crippen LogP contribution is 2.12. The van der Waals surface area contributed by atoms with Crippen LogP contribution in [0.2, 0.25) is 0 Å². The van der Waals surface area contributed by atoms with Crippen molar-refractivity contribution in [3.05, 3.63) is 35.4 Å². The number of amides is 1. The number of benzene rings is 1. The van der Waals surface area contributed by atoms with Crippen molar-refractivity contribution in [2.45, 2.75) is 19.7 Å². The van der Waals surface area contributed by atoms with Crippen molar-refractivity contribution in [1.29, 1.82) is 0 Å². The summed E-state index contributed by atoms with van der Waals surface area (Å²) in [5.41, 5.74) is 1.96. The highest BCUT2D eigenvalue weighted by atomic mass is 19.4. The van der Waals surface area contributed by atoms with Crippen LogP contribution in [0, 0.1) is 6.92 Å². The van der Waals surface area contributed by atoms with E-state index >= 15 is 0 Å². The van der Waals surface area contributed by atoms with Crippen LogP contribution in [0.4, 0.5) is 13.2 Å². The molecule has 0 aliphatic rings. The molecule has 1 amide bonds. The fourth-order valence-corrected chi connectivity index (χ4v) is 1.20. The van der Waals surface area contributed by atoms with Crippen LogP contribution in [-0.4, -0.2) is 25.2 Å². The molecule has 0 radical (unpaired) electrons. The monoisotopic (exact) mass is 261 g/mol. The van der Waals surface area contributed by atoms with Gasteiger partial charge in [-0.3, -0.25) is 4.79 Å². The van der Waals surface area contributed by atoms with Gasteiger partial charge in [-0.15, -0.1) is 0 Å². The summed E-state index contributed by atoms with van der Waals surface area (Å²) < 4.78 is 40.4. The molecule has 0 saturated heterocycles. The van der Waals surface area contributed by atoms with Crippen LogP contribution in [0.15, 0.2) is 24.3 Å². The predicted octanol–water partition coefficient (Wildman–Crippen LogP) is 2.19. The van der Waals surface area contributed by atoms with Gasteiger partial charge in [-0.1, -0.05) is 29.8 Å². The van der Waals surface area contributed by atoms with Crippen molar-refractivity contribution in [2.24, 2.45) is 0 Å². The van der Waals surface area contributed by atoms with Gasteiger partial charge in [0, 0.05) is 0 Å². The summed E-state index contributed by atoms with van der Waals surface area (Å²) >= 11 is 0. The van der Waals surface area contributed by atoms with Crippen molar-refractivity contribution in [1.82, 2.24) is 5.32 Å². The molecule has 0 heterocycles. The number of carbonyl (C=O) groups excluding carboxylic acids is 1. The Morgan fingerprint density at radius 3 is 2.44 bits per heavy atom.